The zero-order valence-electron chi connectivity index (χ0n) is 13.9. The Hall–Kier alpha value is -2.86. The predicted octanol–water partition coefficient (Wildman–Crippen LogP) is 2.38. The number of carboxylic acid groups (broad SMARTS) is 1. The molecule has 0 fully saturated rings. The van der Waals surface area contributed by atoms with Gasteiger partial charge in [0.25, 0.3) is 0 Å². The molecule has 2 aromatic rings. The molecule has 6 nitrogen and oxygen atoms in total. The third-order valence-electron chi connectivity index (χ3n) is 4.73. The normalized spacial score (nSPS) is 16.4. The van der Waals surface area contributed by atoms with Crippen molar-refractivity contribution in [3.05, 3.63) is 47.8 Å². The average molecular weight is 338 g/mol. The molecule has 0 saturated carbocycles. The monoisotopic (exact) mass is 338 g/mol. The summed E-state index contributed by atoms with van der Waals surface area (Å²) in [5.74, 6) is -1.03. The molecule has 128 valence electrons. The number of hydrogen-bond acceptors (Lipinski definition) is 5. The van der Waals surface area contributed by atoms with Crippen molar-refractivity contribution >= 4 is 33.9 Å². The van der Waals surface area contributed by atoms with Crippen LogP contribution in [0.25, 0.3) is 10.8 Å². The molecular weight excluding hydrogens is 320 g/mol. The highest BCUT2D eigenvalue weighted by Gasteiger charge is 2.41. The molecule has 0 saturated heterocycles. The largest absolute Gasteiger partial charge is 0.477 e. The number of Topliss-reactive ketones (excluding diaryl/α,β-unsaturated/α-hetero) is 1. The summed E-state index contributed by atoms with van der Waals surface area (Å²) in [6, 6.07) is 12.1. The number of aliphatic carboxylic acids is 1. The quantitative estimate of drug-likeness (QED) is 0.863. The second-order valence-corrected chi connectivity index (χ2v) is 6.16. The van der Waals surface area contributed by atoms with E-state index in [0.717, 1.165) is 22.1 Å². The summed E-state index contributed by atoms with van der Waals surface area (Å²) >= 11 is 0. The second kappa shape index (κ2) is 5.89. The van der Waals surface area contributed by atoms with Gasteiger partial charge in [0.2, 0.25) is 0 Å². The highest BCUT2D eigenvalue weighted by Crippen LogP contribution is 2.46. The number of carboxylic acids is 1. The molecule has 0 aliphatic carbocycles. The van der Waals surface area contributed by atoms with Crippen molar-refractivity contribution in [2.75, 3.05) is 36.6 Å². The van der Waals surface area contributed by atoms with Crippen LogP contribution in [-0.4, -0.2) is 43.7 Å². The van der Waals surface area contributed by atoms with Crippen molar-refractivity contribution in [2.45, 2.75) is 6.42 Å². The van der Waals surface area contributed by atoms with E-state index in [4.69, 9.17) is 4.74 Å². The molecule has 2 aliphatic rings. The summed E-state index contributed by atoms with van der Waals surface area (Å²) in [7, 11) is 1.60. The molecule has 2 heterocycles. The van der Waals surface area contributed by atoms with E-state index in [1.807, 2.05) is 34.1 Å². The van der Waals surface area contributed by atoms with Crippen LogP contribution in [0.2, 0.25) is 0 Å². The first kappa shape index (κ1) is 15.7. The highest BCUT2D eigenvalue weighted by molar-refractivity contribution is 6.20. The topological polar surface area (TPSA) is 70.1 Å². The Morgan fingerprint density at radius 2 is 1.88 bits per heavy atom. The van der Waals surface area contributed by atoms with Gasteiger partial charge < -0.3 is 19.6 Å². The summed E-state index contributed by atoms with van der Waals surface area (Å²) in [5, 5.41) is 11.8. The summed E-state index contributed by atoms with van der Waals surface area (Å²) in [5.41, 5.74) is 1.72. The lowest BCUT2D eigenvalue weighted by atomic mass is 10.0. The van der Waals surface area contributed by atoms with Crippen molar-refractivity contribution < 1.29 is 19.4 Å². The van der Waals surface area contributed by atoms with E-state index in [9.17, 15) is 14.7 Å². The Morgan fingerprint density at radius 3 is 2.52 bits per heavy atom. The van der Waals surface area contributed by atoms with Gasteiger partial charge in [-0.1, -0.05) is 24.3 Å². The van der Waals surface area contributed by atoms with Crippen LogP contribution in [0.1, 0.15) is 6.42 Å². The zero-order chi connectivity index (χ0) is 17.6. The third kappa shape index (κ3) is 2.37. The van der Waals surface area contributed by atoms with E-state index in [1.54, 1.807) is 7.11 Å². The Balaban J connectivity index is 1.96. The summed E-state index contributed by atoms with van der Waals surface area (Å²) in [4.78, 5) is 27.8. The second-order valence-electron chi connectivity index (χ2n) is 6.16. The fourth-order valence-corrected chi connectivity index (χ4v) is 3.61. The van der Waals surface area contributed by atoms with E-state index in [1.165, 1.54) is 0 Å². The molecule has 0 unspecified atom stereocenters. The van der Waals surface area contributed by atoms with Crippen molar-refractivity contribution in [1.82, 2.24) is 0 Å². The lowest BCUT2D eigenvalue weighted by Gasteiger charge is -2.30. The first-order chi connectivity index (χ1) is 12.1. The molecule has 1 N–H and O–H groups in total. The number of rotatable bonds is 4. The molecule has 0 radical (unpaired) electrons. The van der Waals surface area contributed by atoms with Gasteiger partial charge in [0.05, 0.1) is 18.0 Å². The van der Waals surface area contributed by atoms with Crippen molar-refractivity contribution in [3.63, 3.8) is 0 Å². The number of fused-ring (bicyclic) bond motifs is 4. The zero-order valence-corrected chi connectivity index (χ0v) is 13.9. The fourth-order valence-electron chi connectivity index (χ4n) is 3.61. The van der Waals surface area contributed by atoms with Gasteiger partial charge in [-0.25, -0.2) is 4.79 Å². The van der Waals surface area contributed by atoms with Crippen LogP contribution in [0.5, 0.6) is 0 Å². The SMILES string of the molecule is COCCN1C2=C(C(=O)O)C(=O)CCN2c2cc3ccccc3cc21. The van der Waals surface area contributed by atoms with E-state index >= 15 is 0 Å². The average Bonchev–Trinajstić information content (AvgIpc) is 2.90. The molecule has 0 atom stereocenters. The number of nitrogens with zero attached hydrogens (tertiary/aromatic N) is 2. The van der Waals surface area contributed by atoms with Gasteiger partial charge in [0.15, 0.2) is 5.78 Å². The number of carbonyl (C=O) groups is 2. The molecule has 2 aromatic carbocycles. The number of ketones is 1. The van der Waals surface area contributed by atoms with Gasteiger partial charge >= 0.3 is 5.97 Å². The van der Waals surface area contributed by atoms with Gasteiger partial charge in [0, 0.05) is 26.6 Å². The minimum absolute atomic E-state index is 0.136. The molecule has 0 aromatic heterocycles. The molecular formula is C19H18N2O4. The van der Waals surface area contributed by atoms with E-state index < -0.39 is 5.97 Å². The van der Waals surface area contributed by atoms with E-state index in [-0.39, 0.29) is 17.8 Å². The first-order valence-electron chi connectivity index (χ1n) is 8.19. The van der Waals surface area contributed by atoms with Crippen molar-refractivity contribution in [3.8, 4) is 0 Å². The molecule has 2 aliphatic heterocycles. The van der Waals surface area contributed by atoms with Crippen LogP contribution >= 0.6 is 0 Å². The van der Waals surface area contributed by atoms with Crippen LogP contribution in [0, 0.1) is 0 Å². The Labute approximate surface area is 144 Å². The van der Waals surface area contributed by atoms with Crippen LogP contribution < -0.4 is 9.80 Å². The third-order valence-corrected chi connectivity index (χ3v) is 4.73. The van der Waals surface area contributed by atoms with Crippen LogP contribution in [0.4, 0.5) is 11.4 Å². The molecule has 0 spiro atoms. The fraction of sp³-hybridized carbons (Fsp3) is 0.263. The van der Waals surface area contributed by atoms with Gasteiger partial charge in [-0.05, 0) is 22.9 Å². The highest BCUT2D eigenvalue weighted by atomic mass is 16.5. The van der Waals surface area contributed by atoms with E-state index in [2.05, 4.69) is 12.1 Å². The minimum atomic E-state index is -1.18. The number of hydrogen-bond donors (Lipinski definition) is 1. The van der Waals surface area contributed by atoms with Crippen LogP contribution in [-0.2, 0) is 14.3 Å². The number of methoxy groups -OCH3 is 1. The van der Waals surface area contributed by atoms with Gasteiger partial charge in [0.1, 0.15) is 11.4 Å². The lowest BCUT2D eigenvalue weighted by molar-refractivity contribution is -0.134. The molecule has 0 bridgehead atoms. The number of benzene rings is 2. The van der Waals surface area contributed by atoms with Crippen molar-refractivity contribution in [1.29, 1.82) is 0 Å². The lowest BCUT2D eigenvalue weighted by Crippen LogP contribution is -2.40. The summed E-state index contributed by atoms with van der Waals surface area (Å²) in [6.45, 7) is 1.40. The Bertz CT molecular complexity index is 919. The summed E-state index contributed by atoms with van der Waals surface area (Å²) < 4.78 is 5.19. The number of anilines is 2. The minimum Gasteiger partial charge on any atom is -0.477 e. The van der Waals surface area contributed by atoms with Gasteiger partial charge in [-0.2, -0.15) is 0 Å². The number of carbonyl (C=O) groups excluding carboxylic acids is 1. The smallest absolute Gasteiger partial charge is 0.343 e. The predicted molar refractivity (Wildman–Crippen MR) is 94.8 cm³/mol. The first-order valence-corrected chi connectivity index (χ1v) is 8.19. The maximum atomic E-state index is 12.3. The van der Waals surface area contributed by atoms with Gasteiger partial charge in [-0.3, -0.25) is 4.79 Å². The van der Waals surface area contributed by atoms with E-state index in [0.29, 0.717) is 25.5 Å². The van der Waals surface area contributed by atoms with Crippen LogP contribution in [0.3, 0.4) is 0 Å². The summed E-state index contributed by atoms with van der Waals surface area (Å²) in [6.07, 6.45) is 0.204. The Morgan fingerprint density at radius 1 is 1.20 bits per heavy atom. The maximum absolute atomic E-state index is 12.3. The van der Waals surface area contributed by atoms with Crippen molar-refractivity contribution in [2.24, 2.45) is 0 Å². The van der Waals surface area contributed by atoms with Gasteiger partial charge in [-0.15, -0.1) is 0 Å². The standard InChI is InChI=1S/C19H18N2O4/c1-25-9-8-21-15-11-13-5-3-2-4-12(13)10-14(15)20-7-6-16(22)17(18(20)21)19(23)24/h2-5,10-11H,6-9H2,1H3,(H,23,24). The molecule has 0 amide bonds. The molecule has 25 heavy (non-hydrogen) atoms. The molecule has 4 rings (SSSR count). The Kier molecular flexibility index (Phi) is 3.69. The number of ether oxygens (including phenoxy) is 1. The maximum Gasteiger partial charge on any atom is 0.343 e. The molecule has 6 heteroatoms. The van der Waals surface area contributed by atoms with Crippen LogP contribution in [0.15, 0.2) is 47.8 Å².